The molecule has 120 heavy (non-hydrogen) atoms. The van der Waals surface area contributed by atoms with Crippen LogP contribution in [0.25, 0.3) is 143 Å². The van der Waals surface area contributed by atoms with Gasteiger partial charge in [-0.1, -0.05) is 234 Å². The van der Waals surface area contributed by atoms with Gasteiger partial charge in [0.25, 0.3) is 13.4 Å². The van der Waals surface area contributed by atoms with Gasteiger partial charge in [-0.25, -0.2) is 0 Å². The summed E-state index contributed by atoms with van der Waals surface area (Å²) in [4.78, 5) is 10.1. The number of fused-ring (bicyclic) bond motifs is 30. The molecule has 28 rings (SSSR count). The van der Waals surface area contributed by atoms with Gasteiger partial charge in [-0.2, -0.15) is 0 Å². The number of furan rings is 4. The lowest BCUT2D eigenvalue weighted by atomic mass is 9.33. The Morgan fingerprint density at radius 3 is 1.32 bits per heavy atom. The van der Waals surface area contributed by atoms with E-state index < -0.39 is 5.41 Å². The molecule has 558 valence electrons. The highest BCUT2D eigenvalue weighted by Gasteiger charge is 2.49. The first-order valence-corrected chi connectivity index (χ1v) is 41.8. The van der Waals surface area contributed by atoms with Gasteiger partial charge in [0.2, 0.25) is 0 Å². The number of hydrogen-bond acceptors (Lipinski definition) is 8. The molecule has 4 aliphatic heterocycles. The largest absolute Gasteiger partial charge is 0.456 e. The van der Waals surface area contributed by atoms with Crippen molar-refractivity contribution in [2.45, 2.75) is 38.5 Å². The van der Waals surface area contributed by atoms with Gasteiger partial charge in [0.05, 0.1) is 11.4 Å². The fourth-order valence-corrected chi connectivity index (χ4v) is 23.0. The van der Waals surface area contributed by atoms with Crippen LogP contribution < -0.4 is 52.4 Å². The molecule has 0 atom stereocenters. The molecule has 8 heterocycles. The van der Waals surface area contributed by atoms with Gasteiger partial charge >= 0.3 is 0 Å². The van der Waals surface area contributed by atoms with Gasteiger partial charge in [-0.15, -0.1) is 0 Å². The second-order valence-electron chi connectivity index (χ2n) is 34.8. The highest BCUT2D eigenvalue weighted by atomic mass is 16.3. The molecule has 0 saturated carbocycles. The topological polar surface area (TPSA) is 65.5 Å². The van der Waals surface area contributed by atoms with Crippen molar-refractivity contribution in [3.8, 4) is 33.4 Å². The summed E-state index contributed by atoms with van der Waals surface area (Å²) < 4.78 is 28.5. The van der Waals surface area contributed by atoms with E-state index in [0.29, 0.717) is 0 Å². The molecule has 0 fully saturated rings. The average Bonchev–Trinajstić information content (AvgIpc) is 1.25. The third kappa shape index (κ3) is 8.36. The third-order valence-corrected chi connectivity index (χ3v) is 28.1. The summed E-state index contributed by atoms with van der Waals surface area (Å²) in [6, 6.07) is 127. The average molecular weight is 1530 g/mol. The number of nitrogens with zero attached hydrogens (tertiary/aromatic N) is 4. The second-order valence-corrected chi connectivity index (χ2v) is 34.8. The molecule has 8 nitrogen and oxygen atoms in total. The summed E-state index contributed by atoms with van der Waals surface area (Å²) in [7, 11) is 0. The van der Waals surface area contributed by atoms with Crippen molar-refractivity contribution in [2.75, 3.05) is 19.6 Å². The Balaban J connectivity index is 0.650. The maximum atomic E-state index is 7.73. The van der Waals surface area contributed by atoms with Crippen molar-refractivity contribution >= 4 is 224 Å². The zero-order chi connectivity index (χ0) is 78.6. The van der Waals surface area contributed by atoms with Gasteiger partial charge in [0.1, 0.15) is 33.5 Å². The molecule has 0 N–H and O–H groups in total. The molecule has 0 spiro atoms. The molecule has 4 aromatic heterocycles. The number of rotatable bonds is 5. The number of hydrogen-bond donors (Lipinski definition) is 0. The minimum Gasteiger partial charge on any atom is -0.456 e. The SMILES string of the molecule is CC1(C)c2ccccc2-c2cc3c(cc21)oc1c(N2c4ccc(-c5ccc6oc7c(N8c9ccccc9B9c%10ccccc%10N(c%10ccc%11oc%12ccc%13ccccc%13c%12c%11c%10)c%10cccc8c%109)c8c(cc7c6c5)-c5ccccc5C8(C)C)cc4B4c5ccccc5N(c5ccc6oc7ccc8ccccc8c7c6c5)c5cccc2c54)cccc13. The first kappa shape index (κ1) is 65.2. The summed E-state index contributed by atoms with van der Waals surface area (Å²) in [6.07, 6.45) is 0. The minimum absolute atomic E-state index is 0.0780. The number of anilines is 12. The Morgan fingerprint density at radius 2 is 0.683 bits per heavy atom. The third-order valence-electron chi connectivity index (χ3n) is 28.1. The van der Waals surface area contributed by atoms with Crippen LogP contribution in [-0.4, -0.2) is 13.4 Å². The van der Waals surface area contributed by atoms with E-state index >= 15 is 0 Å². The second kappa shape index (κ2) is 23.0. The number of para-hydroxylation sites is 4. The Kier molecular flexibility index (Phi) is 12.5. The first-order valence-electron chi connectivity index (χ1n) is 41.8. The maximum absolute atomic E-state index is 7.73. The fraction of sp³-hybridized carbons (Fsp3) is 0.0545. The Labute approximate surface area is 690 Å². The molecular weight excluding hydrogens is 1460 g/mol. The summed E-state index contributed by atoms with van der Waals surface area (Å²) in [5, 5.41) is 13.5. The lowest BCUT2D eigenvalue weighted by Gasteiger charge is -2.44. The lowest BCUT2D eigenvalue weighted by molar-refractivity contribution is 0.647. The van der Waals surface area contributed by atoms with Crippen LogP contribution in [0.2, 0.25) is 0 Å². The van der Waals surface area contributed by atoms with Crippen LogP contribution >= 0.6 is 0 Å². The predicted octanol–water partition coefficient (Wildman–Crippen LogP) is 26.0. The van der Waals surface area contributed by atoms with Crippen LogP contribution in [0.1, 0.15) is 49.9 Å². The van der Waals surface area contributed by atoms with Gasteiger partial charge in [-0.05, 0) is 243 Å². The van der Waals surface area contributed by atoms with E-state index in [1.807, 2.05) is 0 Å². The van der Waals surface area contributed by atoms with Crippen LogP contribution in [0, 0.1) is 0 Å². The molecule has 10 heteroatoms. The Bertz CT molecular complexity index is 8460. The Morgan fingerprint density at radius 1 is 0.242 bits per heavy atom. The molecule has 0 saturated heterocycles. The van der Waals surface area contributed by atoms with E-state index in [4.69, 9.17) is 17.7 Å². The molecular formula is C110H68B2N4O4. The monoisotopic (exact) mass is 1530 g/mol. The highest BCUT2D eigenvalue weighted by Crippen LogP contribution is 2.60. The van der Waals surface area contributed by atoms with Crippen molar-refractivity contribution in [3.63, 3.8) is 0 Å². The standard InChI is InChI=1S/C110H68B2N4O4/c1-109(2)79-29-11-9-26-69(79)72-58-74-71-28-19-41-94(107(71)120-100(74)60-81(72)109)115-89-48-42-64(55-85(89)112-83-32-14-17-35-87(83)114(90-37-20-39-92(115)104(90)112)66-47-53-97-78(57-66)102-68-25-8-6-23-62(68)44-51-99(102)118-97)63-45-49-95-73(54-63)76-59-75-70-27-10-12-30-80(70)110(3,4)103(75)106(108(76)119-95)116-88-36-18-15-33-84(88)111-82-31-13-16-34-86(82)113(91-38-21-40-93(116)105(91)111)65-46-52-96-77(56-65)101-67-24-7-5-22-61(67)43-50-98(101)117-96/h5-60H,1-4H3. The van der Waals surface area contributed by atoms with E-state index in [1.54, 1.807) is 0 Å². The molecule has 0 amide bonds. The van der Waals surface area contributed by atoms with Crippen LogP contribution in [-0.2, 0) is 10.8 Å². The molecule has 22 aromatic rings. The first-order chi connectivity index (χ1) is 59.0. The van der Waals surface area contributed by atoms with Gasteiger partial charge < -0.3 is 37.3 Å². The maximum Gasteiger partial charge on any atom is 0.252 e. The normalized spacial score (nSPS) is 14.7. The zero-order valence-electron chi connectivity index (χ0n) is 65.9. The molecule has 0 unspecified atom stereocenters. The lowest BCUT2D eigenvalue weighted by Crippen LogP contribution is -2.61. The van der Waals surface area contributed by atoms with Gasteiger partial charge in [0.15, 0.2) is 11.2 Å². The predicted molar refractivity (Wildman–Crippen MR) is 499 cm³/mol. The molecule has 6 aliphatic rings. The highest BCUT2D eigenvalue weighted by molar-refractivity contribution is 7.01. The van der Waals surface area contributed by atoms with Crippen LogP contribution in [0.5, 0.6) is 0 Å². The molecule has 2 aliphatic carbocycles. The fourth-order valence-electron chi connectivity index (χ4n) is 23.0. The summed E-state index contributed by atoms with van der Waals surface area (Å²) >= 11 is 0. The Hall–Kier alpha value is -15.0. The van der Waals surface area contributed by atoms with E-state index in [-0.39, 0.29) is 18.8 Å². The molecule has 0 bridgehead atoms. The van der Waals surface area contributed by atoms with Crippen molar-refractivity contribution in [1.29, 1.82) is 0 Å². The van der Waals surface area contributed by atoms with Crippen molar-refractivity contribution in [3.05, 3.63) is 362 Å². The minimum atomic E-state index is -0.437. The van der Waals surface area contributed by atoms with Crippen molar-refractivity contribution in [2.24, 2.45) is 0 Å². The van der Waals surface area contributed by atoms with Gasteiger partial charge in [0, 0.05) is 111 Å². The van der Waals surface area contributed by atoms with Gasteiger partial charge in [-0.3, -0.25) is 0 Å². The number of benzene rings is 18. The van der Waals surface area contributed by atoms with E-state index in [9.17, 15) is 0 Å². The van der Waals surface area contributed by atoms with Crippen molar-refractivity contribution < 1.29 is 17.7 Å². The summed E-state index contributed by atoms with van der Waals surface area (Å²) in [5.74, 6) is 0. The van der Waals surface area contributed by atoms with E-state index in [1.165, 1.54) is 98.8 Å². The van der Waals surface area contributed by atoms with Crippen molar-refractivity contribution in [1.82, 2.24) is 0 Å². The van der Waals surface area contributed by atoms with Crippen LogP contribution in [0.4, 0.5) is 68.2 Å². The summed E-state index contributed by atoms with van der Waals surface area (Å²) in [5.41, 5.74) is 39.1. The van der Waals surface area contributed by atoms with E-state index in [2.05, 4.69) is 387 Å². The summed E-state index contributed by atoms with van der Waals surface area (Å²) in [6.45, 7) is 9.26. The van der Waals surface area contributed by atoms with E-state index in [0.717, 1.165) is 167 Å². The molecule has 18 aromatic carbocycles. The van der Waals surface area contributed by atoms with Crippen LogP contribution in [0.3, 0.4) is 0 Å². The quantitative estimate of drug-likeness (QED) is 0.158. The van der Waals surface area contributed by atoms with Crippen LogP contribution in [0.15, 0.2) is 357 Å². The zero-order valence-corrected chi connectivity index (χ0v) is 65.9. The molecule has 0 radical (unpaired) electrons. The smallest absolute Gasteiger partial charge is 0.252 e.